The molecule has 1 heterocycles. The predicted octanol–water partition coefficient (Wildman–Crippen LogP) is 4.02. The largest absolute Gasteiger partial charge is 0.332 e. The van der Waals surface area contributed by atoms with E-state index in [0.29, 0.717) is 5.17 Å². The molecule has 0 atom stereocenters. The topological polar surface area (TPSA) is 24.4 Å². The lowest BCUT2D eigenvalue weighted by molar-refractivity contribution is 0.597. The summed E-state index contributed by atoms with van der Waals surface area (Å²) in [6.45, 7) is 3.99. The second-order valence-corrected chi connectivity index (χ2v) is 6.21. The molecule has 6 heteroatoms. The lowest BCUT2D eigenvalue weighted by atomic mass is 10.1. The van der Waals surface area contributed by atoms with E-state index in [1.165, 1.54) is 11.8 Å². The SMILES string of the molecule is CC1(C)CSC(Nc2cc(F)c(Br)cc2F)=N1. The summed E-state index contributed by atoms with van der Waals surface area (Å²) < 4.78 is 27.0. The molecule has 1 aromatic rings. The third kappa shape index (κ3) is 2.98. The maximum Gasteiger partial charge on any atom is 0.161 e. The molecule has 0 amide bonds. The number of nitrogens with zero attached hydrogens (tertiary/aromatic N) is 1. The van der Waals surface area contributed by atoms with Gasteiger partial charge >= 0.3 is 0 Å². The van der Waals surface area contributed by atoms with Crippen LogP contribution in [0.25, 0.3) is 0 Å². The van der Waals surface area contributed by atoms with E-state index in [4.69, 9.17) is 0 Å². The number of benzene rings is 1. The van der Waals surface area contributed by atoms with Gasteiger partial charge in [0.05, 0.1) is 15.7 Å². The second kappa shape index (κ2) is 4.57. The zero-order valence-corrected chi connectivity index (χ0v) is 11.8. The molecule has 2 rings (SSSR count). The first-order valence-corrected chi connectivity index (χ1v) is 6.79. The third-order valence-corrected chi connectivity index (χ3v) is 4.14. The van der Waals surface area contributed by atoms with Crippen LogP contribution in [0.4, 0.5) is 14.5 Å². The van der Waals surface area contributed by atoms with Crippen LogP contribution in [-0.4, -0.2) is 16.5 Å². The Morgan fingerprint density at radius 2 is 2.06 bits per heavy atom. The zero-order valence-electron chi connectivity index (χ0n) is 9.35. The van der Waals surface area contributed by atoms with Crippen LogP contribution in [-0.2, 0) is 0 Å². The van der Waals surface area contributed by atoms with Gasteiger partial charge in [-0.05, 0) is 35.8 Å². The maximum absolute atomic E-state index is 13.6. The van der Waals surface area contributed by atoms with Crippen LogP contribution in [0.1, 0.15) is 13.8 Å². The van der Waals surface area contributed by atoms with Crippen molar-refractivity contribution in [3.05, 3.63) is 28.2 Å². The standard InChI is InChI=1S/C11H11BrF2N2S/c1-11(2)5-17-10(16-11)15-9-4-7(13)6(12)3-8(9)14/h3-4H,5H2,1-2H3,(H,15,16). The molecule has 0 saturated carbocycles. The quantitative estimate of drug-likeness (QED) is 0.790. The minimum atomic E-state index is -0.508. The molecule has 0 radical (unpaired) electrons. The Morgan fingerprint density at radius 1 is 1.35 bits per heavy atom. The Morgan fingerprint density at radius 3 is 2.65 bits per heavy atom. The normalized spacial score (nSPS) is 18.1. The molecule has 1 N–H and O–H groups in total. The number of hydrogen-bond donors (Lipinski definition) is 1. The Bertz CT molecular complexity index is 489. The van der Waals surface area contributed by atoms with E-state index in [1.807, 2.05) is 13.8 Å². The van der Waals surface area contributed by atoms with Crippen LogP contribution in [0.15, 0.2) is 21.6 Å². The van der Waals surface area contributed by atoms with E-state index >= 15 is 0 Å². The van der Waals surface area contributed by atoms with Crippen molar-refractivity contribution in [2.45, 2.75) is 19.4 Å². The summed E-state index contributed by atoms with van der Waals surface area (Å²) >= 11 is 4.43. The van der Waals surface area contributed by atoms with Gasteiger partial charge in [-0.2, -0.15) is 0 Å². The van der Waals surface area contributed by atoms with Crippen molar-refractivity contribution in [2.75, 3.05) is 11.1 Å². The monoisotopic (exact) mass is 320 g/mol. The Kier molecular flexibility index (Phi) is 3.45. The van der Waals surface area contributed by atoms with Gasteiger partial charge in [0.2, 0.25) is 0 Å². The first-order chi connectivity index (χ1) is 7.87. The van der Waals surface area contributed by atoms with Gasteiger partial charge in [0, 0.05) is 11.8 Å². The Labute approximate surface area is 111 Å². The van der Waals surface area contributed by atoms with Gasteiger partial charge in [-0.15, -0.1) is 0 Å². The van der Waals surface area contributed by atoms with Crippen molar-refractivity contribution in [2.24, 2.45) is 4.99 Å². The summed E-state index contributed by atoms with van der Waals surface area (Å²) in [5, 5.41) is 3.43. The predicted molar refractivity (Wildman–Crippen MR) is 71.7 cm³/mol. The Balaban J connectivity index is 2.23. The molecular weight excluding hydrogens is 310 g/mol. The van der Waals surface area contributed by atoms with Crippen molar-refractivity contribution in [1.29, 1.82) is 0 Å². The number of halogens is 3. The van der Waals surface area contributed by atoms with Gasteiger partial charge in [-0.25, -0.2) is 8.78 Å². The lowest BCUT2D eigenvalue weighted by Crippen LogP contribution is -2.15. The molecule has 0 saturated heterocycles. The zero-order chi connectivity index (χ0) is 12.6. The first kappa shape index (κ1) is 12.8. The summed E-state index contributed by atoms with van der Waals surface area (Å²) in [4.78, 5) is 4.38. The number of thioether (sulfide) groups is 1. The van der Waals surface area contributed by atoms with Crippen molar-refractivity contribution in [3.8, 4) is 0 Å². The Hall–Kier alpha value is -0.620. The average molecular weight is 321 g/mol. The minimum Gasteiger partial charge on any atom is -0.332 e. The number of hydrogen-bond acceptors (Lipinski definition) is 3. The summed E-state index contributed by atoms with van der Waals surface area (Å²) in [6, 6.07) is 2.22. The van der Waals surface area contributed by atoms with E-state index in [9.17, 15) is 8.78 Å². The molecule has 1 aromatic carbocycles. The average Bonchev–Trinajstić information content (AvgIpc) is 2.54. The van der Waals surface area contributed by atoms with Crippen LogP contribution in [0.2, 0.25) is 0 Å². The number of rotatable bonds is 1. The molecule has 92 valence electrons. The summed E-state index contributed by atoms with van der Waals surface area (Å²) in [5.74, 6) is -0.182. The molecule has 1 aliphatic rings. The molecule has 2 nitrogen and oxygen atoms in total. The summed E-state index contributed by atoms with van der Waals surface area (Å²) in [6.07, 6.45) is 0. The number of amidine groups is 1. The fourth-order valence-electron chi connectivity index (χ4n) is 1.38. The van der Waals surface area contributed by atoms with Crippen molar-refractivity contribution >= 4 is 38.5 Å². The lowest BCUT2D eigenvalue weighted by Gasteiger charge is -2.09. The fourth-order valence-corrected chi connectivity index (χ4v) is 2.75. The molecule has 0 spiro atoms. The number of anilines is 1. The summed E-state index contributed by atoms with van der Waals surface area (Å²) in [5.41, 5.74) is -0.0492. The van der Waals surface area contributed by atoms with Crippen LogP contribution >= 0.6 is 27.7 Å². The smallest absolute Gasteiger partial charge is 0.161 e. The molecule has 0 aliphatic carbocycles. The van der Waals surface area contributed by atoms with E-state index in [0.717, 1.165) is 17.9 Å². The van der Waals surface area contributed by atoms with Crippen LogP contribution in [0, 0.1) is 11.6 Å². The van der Waals surface area contributed by atoms with Gasteiger partial charge in [0.1, 0.15) is 11.6 Å². The van der Waals surface area contributed by atoms with Crippen molar-refractivity contribution in [1.82, 2.24) is 0 Å². The van der Waals surface area contributed by atoms with Crippen LogP contribution < -0.4 is 5.32 Å². The van der Waals surface area contributed by atoms with Gasteiger partial charge in [0.15, 0.2) is 5.17 Å². The molecule has 17 heavy (non-hydrogen) atoms. The highest BCUT2D eigenvalue weighted by Gasteiger charge is 2.25. The minimum absolute atomic E-state index is 0.106. The van der Waals surface area contributed by atoms with Gasteiger partial charge < -0.3 is 5.32 Å². The van der Waals surface area contributed by atoms with Crippen LogP contribution in [0.5, 0.6) is 0 Å². The van der Waals surface area contributed by atoms with E-state index in [2.05, 4.69) is 26.2 Å². The van der Waals surface area contributed by atoms with E-state index in [1.54, 1.807) is 0 Å². The molecular formula is C11H11BrF2N2S. The highest BCUT2D eigenvalue weighted by Crippen LogP contribution is 2.29. The van der Waals surface area contributed by atoms with Gasteiger partial charge in [0.25, 0.3) is 0 Å². The second-order valence-electron chi connectivity index (χ2n) is 4.39. The third-order valence-electron chi connectivity index (χ3n) is 2.22. The fraction of sp³-hybridized carbons (Fsp3) is 0.364. The first-order valence-electron chi connectivity index (χ1n) is 5.02. The van der Waals surface area contributed by atoms with E-state index in [-0.39, 0.29) is 15.7 Å². The van der Waals surface area contributed by atoms with E-state index < -0.39 is 11.6 Å². The molecule has 0 aromatic heterocycles. The maximum atomic E-state index is 13.6. The molecule has 0 unspecified atom stereocenters. The van der Waals surface area contributed by atoms with Gasteiger partial charge in [-0.3, -0.25) is 4.99 Å². The number of aliphatic imine (C=N–C) groups is 1. The number of nitrogens with one attached hydrogen (secondary N) is 1. The highest BCUT2D eigenvalue weighted by molar-refractivity contribution is 9.10. The molecule has 0 fully saturated rings. The van der Waals surface area contributed by atoms with Crippen molar-refractivity contribution < 1.29 is 8.78 Å². The van der Waals surface area contributed by atoms with Crippen LogP contribution in [0.3, 0.4) is 0 Å². The summed E-state index contributed by atoms with van der Waals surface area (Å²) in [7, 11) is 0. The van der Waals surface area contributed by atoms with Crippen molar-refractivity contribution in [3.63, 3.8) is 0 Å². The molecule has 1 aliphatic heterocycles. The van der Waals surface area contributed by atoms with Gasteiger partial charge in [-0.1, -0.05) is 11.8 Å². The molecule has 0 bridgehead atoms. The highest BCUT2D eigenvalue weighted by atomic mass is 79.9.